The predicted molar refractivity (Wildman–Crippen MR) is 79.2 cm³/mol. The molecule has 1 aliphatic heterocycles. The third-order valence-electron chi connectivity index (χ3n) is 3.39. The fraction of sp³-hybridized carbons (Fsp3) is 0.188. The SMILES string of the molecule is O=C(O)c1cccc(S(=O)CC2Cc3ccccc3O2)c1. The van der Waals surface area contributed by atoms with Gasteiger partial charge in [0.15, 0.2) is 0 Å². The van der Waals surface area contributed by atoms with Gasteiger partial charge >= 0.3 is 5.97 Å². The van der Waals surface area contributed by atoms with Gasteiger partial charge in [-0.15, -0.1) is 0 Å². The maximum atomic E-state index is 12.4. The van der Waals surface area contributed by atoms with Crippen LogP contribution in [0, 0.1) is 0 Å². The van der Waals surface area contributed by atoms with Crippen LogP contribution in [0.15, 0.2) is 53.4 Å². The second-order valence-corrected chi connectivity index (χ2v) is 6.39. The van der Waals surface area contributed by atoms with Crippen LogP contribution >= 0.6 is 0 Å². The van der Waals surface area contributed by atoms with Crippen molar-refractivity contribution in [1.29, 1.82) is 0 Å². The van der Waals surface area contributed by atoms with Crippen LogP contribution in [0.3, 0.4) is 0 Å². The monoisotopic (exact) mass is 302 g/mol. The van der Waals surface area contributed by atoms with Gasteiger partial charge < -0.3 is 9.84 Å². The predicted octanol–water partition coefficient (Wildman–Crippen LogP) is 2.50. The number of benzene rings is 2. The van der Waals surface area contributed by atoms with Crippen molar-refractivity contribution in [2.24, 2.45) is 0 Å². The van der Waals surface area contributed by atoms with Gasteiger partial charge in [0.05, 0.1) is 22.1 Å². The number of ether oxygens (including phenoxy) is 1. The molecule has 3 rings (SSSR count). The number of hydrogen-bond acceptors (Lipinski definition) is 3. The lowest BCUT2D eigenvalue weighted by atomic mass is 10.1. The Bertz CT molecular complexity index is 686. The van der Waals surface area contributed by atoms with Crippen molar-refractivity contribution in [1.82, 2.24) is 0 Å². The fourth-order valence-electron chi connectivity index (χ4n) is 2.38. The number of aromatic carboxylic acids is 1. The van der Waals surface area contributed by atoms with Crippen molar-refractivity contribution in [2.45, 2.75) is 17.4 Å². The molecule has 1 heterocycles. The number of carboxylic acid groups (broad SMARTS) is 1. The van der Waals surface area contributed by atoms with E-state index >= 15 is 0 Å². The number of fused-ring (bicyclic) bond motifs is 1. The van der Waals surface area contributed by atoms with Crippen LogP contribution in [0.25, 0.3) is 0 Å². The summed E-state index contributed by atoms with van der Waals surface area (Å²) in [5.74, 6) is 0.190. The summed E-state index contributed by atoms with van der Waals surface area (Å²) in [5, 5.41) is 8.97. The zero-order valence-electron chi connectivity index (χ0n) is 11.2. The van der Waals surface area contributed by atoms with Crippen LogP contribution in [0.4, 0.5) is 0 Å². The van der Waals surface area contributed by atoms with E-state index in [1.54, 1.807) is 12.1 Å². The van der Waals surface area contributed by atoms with Crippen LogP contribution in [0.5, 0.6) is 5.75 Å². The number of hydrogen-bond donors (Lipinski definition) is 1. The number of rotatable bonds is 4. The quantitative estimate of drug-likeness (QED) is 0.942. The molecule has 1 N–H and O–H groups in total. The van der Waals surface area contributed by atoms with Crippen molar-refractivity contribution in [3.8, 4) is 5.75 Å². The standard InChI is InChI=1S/C16H14O4S/c17-16(18)12-5-3-6-14(9-12)21(19)10-13-8-11-4-1-2-7-15(11)20-13/h1-7,9,13H,8,10H2,(H,17,18). The second kappa shape index (κ2) is 5.69. The number of para-hydroxylation sites is 1. The zero-order valence-corrected chi connectivity index (χ0v) is 12.0. The first kappa shape index (κ1) is 13.8. The summed E-state index contributed by atoms with van der Waals surface area (Å²) >= 11 is 0. The van der Waals surface area contributed by atoms with Gasteiger partial charge in [0.1, 0.15) is 11.9 Å². The summed E-state index contributed by atoms with van der Waals surface area (Å²) in [6.45, 7) is 0. The molecule has 0 aliphatic carbocycles. The third-order valence-corrected chi connectivity index (χ3v) is 4.85. The minimum absolute atomic E-state index is 0.128. The fourth-order valence-corrected chi connectivity index (χ4v) is 3.59. The van der Waals surface area contributed by atoms with Crippen LogP contribution in [-0.2, 0) is 17.2 Å². The molecule has 4 nitrogen and oxygen atoms in total. The van der Waals surface area contributed by atoms with Crippen molar-refractivity contribution in [3.05, 3.63) is 59.7 Å². The highest BCUT2D eigenvalue weighted by atomic mass is 32.2. The lowest BCUT2D eigenvalue weighted by molar-refractivity contribution is 0.0696. The molecule has 0 aromatic heterocycles. The van der Waals surface area contributed by atoms with Crippen molar-refractivity contribution < 1.29 is 18.8 Å². The molecule has 0 saturated heterocycles. The highest BCUT2D eigenvalue weighted by Crippen LogP contribution is 2.29. The first-order chi connectivity index (χ1) is 10.1. The van der Waals surface area contributed by atoms with Crippen molar-refractivity contribution >= 4 is 16.8 Å². The lowest BCUT2D eigenvalue weighted by Gasteiger charge is -2.10. The Morgan fingerprint density at radius 3 is 2.81 bits per heavy atom. The summed E-state index contributed by atoms with van der Waals surface area (Å²) in [4.78, 5) is 11.5. The summed E-state index contributed by atoms with van der Waals surface area (Å²) in [6, 6.07) is 14.0. The molecule has 0 bridgehead atoms. The molecule has 0 fully saturated rings. The van der Waals surface area contributed by atoms with E-state index in [1.807, 2.05) is 24.3 Å². The Morgan fingerprint density at radius 2 is 2.05 bits per heavy atom. The Labute approximate surface area is 124 Å². The van der Waals surface area contributed by atoms with Crippen LogP contribution in [0.2, 0.25) is 0 Å². The molecule has 0 radical (unpaired) electrons. The molecule has 2 atom stereocenters. The normalized spacial score (nSPS) is 17.8. The van der Waals surface area contributed by atoms with Gasteiger partial charge in [0.25, 0.3) is 0 Å². The smallest absolute Gasteiger partial charge is 0.335 e. The molecule has 21 heavy (non-hydrogen) atoms. The molecular weight excluding hydrogens is 288 g/mol. The topological polar surface area (TPSA) is 63.6 Å². The lowest BCUT2D eigenvalue weighted by Crippen LogP contribution is -2.21. The van der Waals surface area contributed by atoms with Gasteiger partial charge in [-0.1, -0.05) is 24.3 Å². The highest BCUT2D eigenvalue weighted by Gasteiger charge is 2.24. The first-order valence-electron chi connectivity index (χ1n) is 6.60. The van der Waals surface area contributed by atoms with Gasteiger partial charge in [-0.05, 0) is 29.8 Å². The maximum absolute atomic E-state index is 12.4. The summed E-state index contributed by atoms with van der Waals surface area (Å²) in [6.07, 6.45) is 0.609. The molecule has 1 aliphatic rings. The van der Waals surface area contributed by atoms with Gasteiger partial charge in [-0.25, -0.2) is 4.79 Å². The first-order valence-corrected chi connectivity index (χ1v) is 7.91. The van der Waals surface area contributed by atoms with E-state index in [0.29, 0.717) is 10.6 Å². The molecular formula is C16H14O4S. The molecule has 5 heteroatoms. The van der Waals surface area contributed by atoms with Gasteiger partial charge in [-0.3, -0.25) is 4.21 Å². The zero-order chi connectivity index (χ0) is 14.8. The molecule has 2 aromatic carbocycles. The molecule has 0 saturated carbocycles. The van der Waals surface area contributed by atoms with E-state index in [0.717, 1.165) is 17.7 Å². The average molecular weight is 302 g/mol. The highest BCUT2D eigenvalue weighted by molar-refractivity contribution is 7.85. The minimum Gasteiger partial charge on any atom is -0.489 e. The maximum Gasteiger partial charge on any atom is 0.335 e. The van der Waals surface area contributed by atoms with Crippen LogP contribution in [-0.4, -0.2) is 27.1 Å². The van der Waals surface area contributed by atoms with Crippen LogP contribution < -0.4 is 4.74 Å². The Morgan fingerprint density at radius 1 is 1.24 bits per heavy atom. The third kappa shape index (κ3) is 2.97. The summed E-state index contributed by atoms with van der Waals surface area (Å²) < 4.78 is 18.1. The van der Waals surface area contributed by atoms with Gasteiger partial charge in [0, 0.05) is 11.3 Å². The molecule has 108 valence electrons. The molecule has 0 spiro atoms. The Hall–Kier alpha value is -2.14. The van der Waals surface area contributed by atoms with E-state index in [9.17, 15) is 9.00 Å². The summed E-state index contributed by atoms with van der Waals surface area (Å²) in [7, 11) is -1.28. The number of carbonyl (C=O) groups is 1. The molecule has 2 aromatic rings. The van der Waals surface area contributed by atoms with Gasteiger partial charge in [0.2, 0.25) is 0 Å². The largest absolute Gasteiger partial charge is 0.489 e. The van der Waals surface area contributed by atoms with E-state index in [2.05, 4.69) is 0 Å². The van der Waals surface area contributed by atoms with Crippen molar-refractivity contribution in [2.75, 3.05) is 5.75 Å². The average Bonchev–Trinajstić information content (AvgIpc) is 2.89. The molecule has 2 unspecified atom stereocenters. The summed E-state index contributed by atoms with van der Waals surface area (Å²) in [5.41, 5.74) is 1.27. The Balaban J connectivity index is 1.71. The molecule has 0 amide bonds. The van der Waals surface area contributed by atoms with Crippen LogP contribution in [0.1, 0.15) is 15.9 Å². The minimum atomic E-state index is -1.28. The van der Waals surface area contributed by atoms with Crippen molar-refractivity contribution in [3.63, 3.8) is 0 Å². The van der Waals surface area contributed by atoms with Gasteiger partial charge in [-0.2, -0.15) is 0 Å². The van der Waals surface area contributed by atoms with E-state index in [-0.39, 0.29) is 11.7 Å². The van der Waals surface area contributed by atoms with E-state index in [1.165, 1.54) is 12.1 Å². The Kier molecular flexibility index (Phi) is 3.75. The number of carboxylic acids is 1. The van der Waals surface area contributed by atoms with E-state index in [4.69, 9.17) is 9.84 Å². The second-order valence-electron chi connectivity index (χ2n) is 4.90. The van der Waals surface area contributed by atoms with E-state index < -0.39 is 16.8 Å².